The third-order valence-electron chi connectivity index (χ3n) is 2.23. The molecule has 0 rings (SSSR count). The van der Waals surface area contributed by atoms with Gasteiger partial charge in [-0.1, -0.05) is 0 Å². The van der Waals surface area contributed by atoms with Gasteiger partial charge in [0.05, 0.1) is 0 Å². The lowest BCUT2D eigenvalue weighted by Crippen LogP contribution is -2.44. The number of rotatable bonds is 7. The highest BCUT2D eigenvalue weighted by atomic mass is 16.4. The minimum atomic E-state index is -0.860. The Labute approximate surface area is 101 Å². The molecule has 1 atom stereocenters. The van der Waals surface area contributed by atoms with Crippen LogP contribution in [0, 0.1) is 0 Å². The number of aliphatic carboxylic acids is 1. The first-order chi connectivity index (χ1) is 7.84. The van der Waals surface area contributed by atoms with E-state index in [1.165, 1.54) is 4.90 Å². The molecular weight excluding hydrogens is 224 g/mol. The van der Waals surface area contributed by atoms with Crippen LogP contribution >= 0.6 is 0 Å². The Kier molecular flexibility index (Phi) is 6.93. The van der Waals surface area contributed by atoms with E-state index in [9.17, 15) is 14.4 Å². The molecule has 0 aromatic rings. The summed E-state index contributed by atoms with van der Waals surface area (Å²) in [5.74, 6) is -1.25. The summed E-state index contributed by atoms with van der Waals surface area (Å²) in [6.45, 7) is 1.62. The van der Waals surface area contributed by atoms with Gasteiger partial charge in [-0.15, -0.1) is 0 Å². The van der Waals surface area contributed by atoms with Crippen LogP contribution in [0.1, 0.15) is 32.6 Å². The van der Waals surface area contributed by atoms with Crippen LogP contribution in [0.5, 0.6) is 0 Å². The van der Waals surface area contributed by atoms with Gasteiger partial charge in [-0.2, -0.15) is 0 Å². The molecule has 0 saturated heterocycles. The molecule has 0 saturated carbocycles. The minimum absolute atomic E-state index is 0.0689. The number of carbonyl (C=O) groups is 3. The zero-order valence-electron chi connectivity index (χ0n) is 10.5. The van der Waals surface area contributed by atoms with Crippen molar-refractivity contribution in [3.63, 3.8) is 0 Å². The van der Waals surface area contributed by atoms with E-state index >= 15 is 0 Å². The second-order valence-corrected chi connectivity index (χ2v) is 4.12. The average molecular weight is 244 g/mol. The number of nitrogens with one attached hydrogen (secondary N) is 1. The third kappa shape index (κ3) is 7.32. The van der Waals surface area contributed by atoms with Crippen molar-refractivity contribution in [2.75, 3.05) is 14.1 Å². The summed E-state index contributed by atoms with van der Waals surface area (Å²) in [6.07, 6.45) is 1.30. The SMILES string of the molecule is CC(NC(=O)CCCCC(=O)O)C(=O)N(C)C. The van der Waals surface area contributed by atoms with Gasteiger partial charge in [0, 0.05) is 26.9 Å². The zero-order chi connectivity index (χ0) is 13.4. The van der Waals surface area contributed by atoms with Crippen LogP contribution in [-0.2, 0) is 14.4 Å². The Hall–Kier alpha value is -1.59. The molecule has 6 heteroatoms. The van der Waals surface area contributed by atoms with Gasteiger partial charge >= 0.3 is 5.97 Å². The van der Waals surface area contributed by atoms with Gasteiger partial charge in [-0.25, -0.2) is 0 Å². The molecule has 0 aliphatic rings. The Bertz CT molecular complexity index is 289. The van der Waals surface area contributed by atoms with Crippen LogP contribution < -0.4 is 5.32 Å². The highest BCUT2D eigenvalue weighted by molar-refractivity contribution is 5.86. The van der Waals surface area contributed by atoms with Gasteiger partial charge in [0.2, 0.25) is 11.8 Å². The van der Waals surface area contributed by atoms with Crippen LogP contribution in [0.15, 0.2) is 0 Å². The molecule has 2 amide bonds. The maximum atomic E-state index is 11.4. The predicted octanol–water partition coefficient (Wildman–Crippen LogP) is 0.224. The molecule has 0 radical (unpaired) electrons. The molecule has 0 bridgehead atoms. The minimum Gasteiger partial charge on any atom is -0.481 e. The molecule has 2 N–H and O–H groups in total. The molecule has 0 spiro atoms. The lowest BCUT2D eigenvalue weighted by molar-refractivity contribution is -0.137. The Balaban J connectivity index is 3.79. The van der Waals surface area contributed by atoms with E-state index in [0.29, 0.717) is 12.8 Å². The standard InChI is InChI=1S/C11H20N2O4/c1-8(11(17)13(2)3)12-9(14)6-4-5-7-10(15)16/h8H,4-7H2,1-3H3,(H,12,14)(H,15,16). The molecule has 0 aromatic heterocycles. The van der Waals surface area contributed by atoms with Gasteiger partial charge in [0.25, 0.3) is 0 Å². The summed E-state index contributed by atoms with van der Waals surface area (Å²) in [4.78, 5) is 34.5. The topological polar surface area (TPSA) is 86.7 Å². The number of hydrogen-bond acceptors (Lipinski definition) is 3. The summed E-state index contributed by atoms with van der Waals surface area (Å²) in [5.41, 5.74) is 0. The number of carbonyl (C=O) groups excluding carboxylic acids is 2. The Morgan fingerprint density at radius 1 is 1.18 bits per heavy atom. The third-order valence-corrected chi connectivity index (χ3v) is 2.23. The van der Waals surface area contributed by atoms with E-state index < -0.39 is 12.0 Å². The second kappa shape index (κ2) is 7.65. The number of carboxylic acids is 1. The van der Waals surface area contributed by atoms with Gasteiger partial charge in [0.1, 0.15) is 6.04 Å². The van der Waals surface area contributed by atoms with Crippen molar-refractivity contribution < 1.29 is 19.5 Å². The van der Waals surface area contributed by atoms with Crippen molar-refractivity contribution in [3.8, 4) is 0 Å². The Morgan fingerprint density at radius 3 is 2.18 bits per heavy atom. The number of carboxylic acid groups (broad SMARTS) is 1. The monoisotopic (exact) mass is 244 g/mol. The molecule has 1 unspecified atom stereocenters. The van der Waals surface area contributed by atoms with E-state index in [2.05, 4.69) is 5.32 Å². The first kappa shape index (κ1) is 15.4. The quantitative estimate of drug-likeness (QED) is 0.627. The number of amides is 2. The largest absolute Gasteiger partial charge is 0.481 e. The van der Waals surface area contributed by atoms with Crippen molar-refractivity contribution in [2.45, 2.75) is 38.6 Å². The van der Waals surface area contributed by atoms with Crippen LogP contribution in [0.25, 0.3) is 0 Å². The van der Waals surface area contributed by atoms with Gasteiger partial charge in [-0.05, 0) is 19.8 Å². The Morgan fingerprint density at radius 2 is 1.71 bits per heavy atom. The second-order valence-electron chi connectivity index (χ2n) is 4.12. The van der Waals surface area contributed by atoms with Crippen LogP contribution in [0.4, 0.5) is 0 Å². The number of nitrogens with zero attached hydrogens (tertiary/aromatic N) is 1. The summed E-state index contributed by atoms with van der Waals surface area (Å²) in [5, 5.41) is 11.0. The van der Waals surface area contributed by atoms with Gasteiger partial charge < -0.3 is 15.3 Å². The van der Waals surface area contributed by atoms with Crippen LogP contribution in [0.2, 0.25) is 0 Å². The molecule has 0 aromatic carbocycles. The van der Waals surface area contributed by atoms with E-state index in [1.54, 1.807) is 21.0 Å². The molecule has 17 heavy (non-hydrogen) atoms. The van der Waals surface area contributed by atoms with Gasteiger partial charge in [-0.3, -0.25) is 14.4 Å². The maximum absolute atomic E-state index is 11.4. The number of unbranched alkanes of at least 4 members (excludes halogenated alkanes) is 1. The summed E-state index contributed by atoms with van der Waals surface area (Å²) >= 11 is 0. The van der Waals surface area contributed by atoms with E-state index in [0.717, 1.165) is 0 Å². The first-order valence-corrected chi connectivity index (χ1v) is 5.57. The number of likely N-dealkylation sites (N-methyl/N-ethyl adjacent to an activating group) is 1. The smallest absolute Gasteiger partial charge is 0.303 e. The molecule has 0 aliphatic carbocycles. The van der Waals surface area contributed by atoms with Gasteiger partial charge in [0.15, 0.2) is 0 Å². The van der Waals surface area contributed by atoms with Crippen molar-refractivity contribution in [1.82, 2.24) is 10.2 Å². The van der Waals surface area contributed by atoms with Crippen molar-refractivity contribution in [2.24, 2.45) is 0 Å². The van der Waals surface area contributed by atoms with Crippen molar-refractivity contribution in [1.29, 1.82) is 0 Å². The average Bonchev–Trinajstić information content (AvgIpc) is 2.22. The molecular formula is C11H20N2O4. The fourth-order valence-electron chi connectivity index (χ4n) is 1.32. The normalized spacial score (nSPS) is 11.7. The van der Waals surface area contributed by atoms with Crippen LogP contribution in [-0.4, -0.2) is 47.9 Å². The van der Waals surface area contributed by atoms with Crippen molar-refractivity contribution in [3.05, 3.63) is 0 Å². The van der Waals surface area contributed by atoms with Crippen molar-refractivity contribution >= 4 is 17.8 Å². The molecule has 98 valence electrons. The maximum Gasteiger partial charge on any atom is 0.303 e. The first-order valence-electron chi connectivity index (χ1n) is 5.57. The summed E-state index contributed by atoms with van der Waals surface area (Å²) in [7, 11) is 3.25. The summed E-state index contributed by atoms with van der Waals surface area (Å²) in [6, 6.07) is -0.544. The fourth-order valence-corrected chi connectivity index (χ4v) is 1.32. The highest BCUT2D eigenvalue weighted by Gasteiger charge is 2.16. The fraction of sp³-hybridized carbons (Fsp3) is 0.727. The summed E-state index contributed by atoms with van der Waals surface area (Å²) < 4.78 is 0. The van der Waals surface area contributed by atoms with E-state index in [1.807, 2.05) is 0 Å². The lowest BCUT2D eigenvalue weighted by atomic mass is 10.2. The van der Waals surface area contributed by atoms with E-state index in [4.69, 9.17) is 5.11 Å². The highest BCUT2D eigenvalue weighted by Crippen LogP contribution is 2.00. The zero-order valence-corrected chi connectivity index (χ0v) is 10.5. The predicted molar refractivity (Wildman–Crippen MR) is 62.4 cm³/mol. The lowest BCUT2D eigenvalue weighted by Gasteiger charge is -2.17. The van der Waals surface area contributed by atoms with Crippen LogP contribution in [0.3, 0.4) is 0 Å². The molecule has 6 nitrogen and oxygen atoms in total. The molecule has 0 heterocycles. The number of hydrogen-bond donors (Lipinski definition) is 2. The molecule has 0 aliphatic heterocycles. The van der Waals surface area contributed by atoms with E-state index in [-0.39, 0.29) is 24.7 Å². The molecule has 0 fully saturated rings.